The summed E-state index contributed by atoms with van der Waals surface area (Å²) < 4.78 is 0. The lowest BCUT2D eigenvalue weighted by Gasteiger charge is -2.33. The monoisotopic (exact) mass is 314 g/mol. The zero-order valence-corrected chi connectivity index (χ0v) is 13.8. The number of urea groups is 1. The van der Waals surface area contributed by atoms with Crippen molar-refractivity contribution in [2.75, 3.05) is 11.9 Å². The Balaban J connectivity index is 2.79. The minimum absolute atomic E-state index is 0.281. The quantitative estimate of drug-likeness (QED) is 0.841. The Labute approximate surface area is 128 Å². The summed E-state index contributed by atoms with van der Waals surface area (Å²) in [7, 11) is 0. The summed E-state index contributed by atoms with van der Waals surface area (Å²) >= 11 is 1.31. The summed E-state index contributed by atoms with van der Waals surface area (Å²) in [5.74, 6) is -0.600. The van der Waals surface area contributed by atoms with Crippen LogP contribution in [0.25, 0.3) is 0 Å². The van der Waals surface area contributed by atoms with E-state index >= 15 is 0 Å². The van der Waals surface area contributed by atoms with Gasteiger partial charge < -0.3 is 10.0 Å². The van der Waals surface area contributed by atoms with Gasteiger partial charge >= 0.3 is 12.0 Å². The molecule has 8 heteroatoms. The Kier molecular flexibility index (Phi) is 5.65. The molecule has 21 heavy (non-hydrogen) atoms. The van der Waals surface area contributed by atoms with Crippen molar-refractivity contribution in [1.82, 2.24) is 15.1 Å². The number of carbonyl (C=O) groups excluding carboxylic acids is 1. The summed E-state index contributed by atoms with van der Waals surface area (Å²) in [5, 5.41) is 21.0. The van der Waals surface area contributed by atoms with Crippen LogP contribution >= 0.6 is 11.3 Å². The molecule has 0 saturated heterocycles. The number of aromatic nitrogens is 2. The van der Waals surface area contributed by atoms with Gasteiger partial charge in [-0.05, 0) is 26.7 Å². The van der Waals surface area contributed by atoms with Gasteiger partial charge in [0.25, 0.3) is 0 Å². The molecule has 0 bridgehead atoms. The topological polar surface area (TPSA) is 95.4 Å². The van der Waals surface area contributed by atoms with Gasteiger partial charge in [-0.2, -0.15) is 0 Å². The van der Waals surface area contributed by atoms with Crippen molar-refractivity contribution < 1.29 is 14.7 Å². The molecule has 1 aromatic rings. The van der Waals surface area contributed by atoms with Gasteiger partial charge in [-0.1, -0.05) is 25.2 Å². The molecule has 0 aliphatic heterocycles. The van der Waals surface area contributed by atoms with Gasteiger partial charge in [0.2, 0.25) is 5.13 Å². The Morgan fingerprint density at radius 3 is 2.48 bits per heavy atom. The largest absolute Gasteiger partial charge is 0.480 e. The van der Waals surface area contributed by atoms with Gasteiger partial charge in [-0.15, -0.1) is 10.2 Å². The fraction of sp³-hybridized carbons (Fsp3) is 0.692. The van der Waals surface area contributed by atoms with E-state index < -0.39 is 17.5 Å². The van der Waals surface area contributed by atoms with Crippen LogP contribution in [0.15, 0.2) is 0 Å². The fourth-order valence-electron chi connectivity index (χ4n) is 1.80. The summed E-state index contributed by atoms with van der Waals surface area (Å²) in [4.78, 5) is 24.7. The van der Waals surface area contributed by atoms with E-state index in [4.69, 9.17) is 0 Å². The number of carboxylic acid groups (broad SMARTS) is 1. The molecule has 118 valence electrons. The minimum atomic E-state index is -1.29. The van der Waals surface area contributed by atoms with Crippen molar-refractivity contribution in [2.45, 2.75) is 46.6 Å². The number of rotatable bonds is 6. The van der Waals surface area contributed by atoms with Gasteiger partial charge in [0.1, 0.15) is 10.5 Å². The van der Waals surface area contributed by atoms with Crippen molar-refractivity contribution in [3.63, 3.8) is 0 Å². The summed E-state index contributed by atoms with van der Waals surface area (Å²) in [6.07, 6.45) is 0.797. The van der Waals surface area contributed by atoms with Crippen LogP contribution in [-0.4, -0.2) is 44.3 Å². The third kappa shape index (κ3) is 4.38. The number of aliphatic carboxylic acids is 1. The van der Waals surface area contributed by atoms with E-state index in [0.717, 1.165) is 11.4 Å². The van der Waals surface area contributed by atoms with E-state index in [1.54, 1.807) is 6.92 Å². The normalized spacial score (nSPS) is 11.5. The van der Waals surface area contributed by atoms with Crippen LogP contribution in [0.2, 0.25) is 0 Å². The molecule has 0 aromatic carbocycles. The smallest absolute Gasteiger partial charge is 0.329 e. The van der Waals surface area contributed by atoms with Crippen LogP contribution in [0.1, 0.15) is 39.6 Å². The van der Waals surface area contributed by atoms with Crippen LogP contribution in [0.4, 0.5) is 9.93 Å². The van der Waals surface area contributed by atoms with Crippen molar-refractivity contribution in [2.24, 2.45) is 5.92 Å². The molecule has 0 spiro atoms. The van der Waals surface area contributed by atoms with Crippen LogP contribution in [0.5, 0.6) is 0 Å². The molecule has 0 unspecified atom stereocenters. The number of nitrogens with one attached hydrogen (secondary N) is 1. The van der Waals surface area contributed by atoms with E-state index in [0.29, 0.717) is 11.0 Å². The molecular weight excluding hydrogens is 292 g/mol. The first kappa shape index (κ1) is 17.4. The lowest BCUT2D eigenvalue weighted by molar-refractivity contribution is -0.147. The number of hydrogen-bond acceptors (Lipinski definition) is 5. The van der Waals surface area contributed by atoms with Gasteiger partial charge in [0.05, 0.1) is 0 Å². The third-order valence-corrected chi connectivity index (χ3v) is 3.88. The average molecular weight is 314 g/mol. The highest BCUT2D eigenvalue weighted by molar-refractivity contribution is 7.15. The van der Waals surface area contributed by atoms with Crippen molar-refractivity contribution in [3.8, 4) is 0 Å². The van der Waals surface area contributed by atoms with Crippen molar-refractivity contribution >= 4 is 28.5 Å². The van der Waals surface area contributed by atoms with Crippen molar-refractivity contribution in [3.05, 3.63) is 5.01 Å². The minimum Gasteiger partial charge on any atom is -0.480 e. The number of nitrogens with zero attached hydrogens (tertiary/aromatic N) is 3. The van der Waals surface area contributed by atoms with Gasteiger partial charge in [0.15, 0.2) is 0 Å². The first-order valence-electron chi connectivity index (χ1n) is 6.82. The molecule has 7 nitrogen and oxygen atoms in total. The predicted molar refractivity (Wildman–Crippen MR) is 81.6 cm³/mol. The number of hydrogen-bond donors (Lipinski definition) is 2. The molecule has 0 atom stereocenters. The van der Waals surface area contributed by atoms with Crippen LogP contribution in [-0.2, 0) is 11.2 Å². The molecule has 0 saturated carbocycles. The molecule has 0 radical (unpaired) electrons. The van der Waals surface area contributed by atoms with E-state index in [1.165, 1.54) is 30.1 Å². The number of anilines is 1. The van der Waals surface area contributed by atoms with E-state index in [9.17, 15) is 14.7 Å². The Morgan fingerprint density at radius 2 is 2.00 bits per heavy atom. The molecule has 1 heterocycles. The zero-order valence-electron chi connectivity index (χ0n) is 13.0. The first-order valence-corrected chi connectivity index (χ1v) is 7.64. The van der Waals surface area contributed by atoms with Gasteiger partial charge in [-0.3, -0.25) is 5.32 Å². The van der Waals surface area contributed by atoms with Gasteiger partial charge in [0, 0.05) is 13.0 Å². The average Bonchev–Trinajstić information content (AvgIpc) is 2.75. The maximum Gasteiger partial charge on any atom is 0.329 e. The van der Waals surface area contributed by atoms with Crippen LogP contribution in [0.3, 0.4) is 0 Å². The third-order valence-electron chi connectivity index (χ3n) is 3.02. The second-order valence-corrected chi connectivity index (χ2v) is 6.70. The Bertz CT molecular complexity index is 513. The highest BCUT2D eigenvalue weighted by Crippen LogP contribution is 2.21. The second-order valence-electron chi connectivity index (χ2n) is 5.64. The Hall–Kier alpha value is -1.70. The lowest BCUT2D eigenvalue weighted by Crippen LogP contribution is -2.54. The van der Waals surface area contributed by atoms with E-state index in [1.807, 2.05) is 0 Å². The second kappa shape index (κ2) is 6.84. The maximum atomic E-state index is 12.2. The van der Waals surface area contributed by atoms with Crippen LogP contribution in [0, 0.1) is 5.92 Å². The van der Waals surface area contributed by atoms with Gasteiger partial charge in [-0.25, -0.2) is 9.59 Å². The molecule has 1 rings (SSSR count). The Morgan fingerprint density at radius 1 is 1.38 bits per heavy atom. The molecule has 1 aromatic heterocycles. The predicted octanol–water partition coefficient (Wildman–Crippen LogP) is 2.45. The highest BCUT2D eigenvalue weighted by atomic mass is 32.1. The molecule has 2 amide bonds. The summed E-state index contributed by atoms with van der Waals surface area (Å²) in [5.41, 5.74) is -1.29. The maximum absolute atomic E-state index is 12.2. The molecule has 0 aliphatic rings. The van der Waals surface area contributed by atoms with Crippen LogP contribution < -0.4 is 5.32 Å². The van der Waals surface area contributed by atoms with E-state index in [2.05, 4.69) is 29.4 Å². The SMILES string of the molecule is CCN(C(=O)Nc1nnc(CC(C)C)s1)C(C)(C)C(=O)O. The molecule has 0 fully saturated rings. The molecular formula is C13H22N4O3S. The fourth-order valence-corrected chi connectivity index (χ4v) is 2.74. The first-order chi connectivity index (χ1) is 9.68. The van der Waals surface area contributed by atoms with E-state index in [-0.39, 0.29) is 6.54 Å². The highest BCUT2D eigenvalue weighted by Gasteiger charge is 2.37. The number of carbonyl (C=O) groups is 2. The molecule has 2 N–H and O–H groups in total. The number of amides is 2. The summed E-state index contributed by atoms with van der Waals surface area (Å²) in [6.45, 7) is 9.14. The summed E-state index contributed by atoms with van der Waals surface area (Å²) in [6, 6.07) is -0.489. The lowest BCUT2D eigenvalue weighted by atomic mass is 10.0. The van der Waals surface area contributed by atoms with Crippen molar-refractivity contribution in [1.29, 1.82) is 0 Å². The number of likely N-dealkylation sites (N-methyl/N-ethyl adjacent to an activating group) is 1. The molecule has 0 aliphatic carbocycles. The number of carboxylic acids is 1. The standard InChI is InChI=1S/C13H22N4O3S/c1-6-17(13(4,5)10(18)19)12(20)14-11-16-15-9(21-11)7-8(2)3/h8H,6-7H2,1-5H3,(H,18,19)(H,14,16,20). The zero-order chi connectivity index (χ0) is 16.2.